The van der Waals surface area contributed by atoms with Gasteiger partial charge in [-0.25, -0.2) is 5.43 Å². The topological polar surface area (TPSA) is 155 Å². The van der Waals surface area contributed by atoms with Gasteiger partial charge in [-0.05, 0) is 98.0 Å². The fourth-order valence-electron chi connectivity index (χ4n) is 9.88. The van der Waals surface area contributed by atoms with Crippen molar-refractivity contribution < 1.29 is 33.4 Å². The van der Waals surface area contributed by atoms with Crippen LogP contribution in [0.2, 0.25) is 0 Å². The number of likely N-dealkylation sites (tertiary alicyclic amines) is 1. The minimum absolute atomic E-state index is 0.136. The summed E-state index contributed by atoms with van der Waals surface area (Å²) in [4.78, 5) is 77.2. The van der Waals surface area contributed by atoms with Crippen molar-refractivity contribution in [3.05, 3.63) is 90.3 Å². The maximum absolute atomic E-state index is 14.7. The normalized spacial score (nSPS) is 21.1. The molecule has 2 saturated heterocycles. The van der Waals surface area contributed by atoms with Crippen LogP contribution < -0.4 is 10.7 Å². The smallest absolute Gasteiger partial charge is 0.324 e. The van der Waals surface area contributed by atoms with Gasteiger partial charge in [0, 0.05) is 74.8 Å². The fourth-order valence-corrected chi connectivity index (χ4v) is 9.88. The zero-order valence-electron chi connectivity index (χ0n) is 39.2. The number of aryl methyl sites for hydroxylation is 1. The van der Waals surface area contributed by atoms with E-state index in [0.29, 0.717) is 45.3 Å². The molecule has 3 aliphatic rings. The SMILES string of the molecule is C=CC(=O)N1CCC(C(=O)N(C)[C@H](C(=O)N[C@H]2Cc3cccc(c3)-c3ccc4c(c3)c(c(-c3cccnc3[C@H](C)OC)n4CC)CC(C)(C)COC(=O)[C@@H]3CCCN(N3)C2=O)C(C)C)C1. The number of methoxy groups -OCH3 is 1. The number of fused-ring (bicyclic) bond motifs is 6. The van der Waals surface area contributed by atoms with E-state index >= 15 is 0 Å². The number of hydrogen-bond acceptors (Lipinski definition) is 9. The molecular formula is C51H65N7O7. The van der Waals surface area contributed by atoms with Crippen molar-refractivity contribution in [2.45, 2.75) is 104 Å². The molecule has 5 heterocycles. The number of pyridine rings is 1. The van der Waals surface area contributed by atoms with Crippen LogP contribution in [-0.2, 0) is 52.8 Å². The molecule has 2 fully saturated rings. The molecule has 2 aromatic heterocycles. The highest BCUT2D eigenvalue weighted by Crippen LogP contribution is 2.42. The van der Waals surface area contributed by atoms with E-state index in [1.165, 1.54) is 16.0 Å². The molecule has 346 valence electrons. The second-order valence-electron chi connectivity index (χ2n) is 19.0. The molecule has 5 atom stereocenters. The Labute approximate surface area is 382 Å². The van der Waals surface area contributed by atoms with Crippen molar-refractivity contribution in [1.82, 2.24) is 35.1 Å². The summed E-state index contributed by atoms with van der Waals surface area (Å²) in [5.74, 6) is -2.56. The number of benzene rings is 2. The standard InChI is InChI=1S/C51H65N7O7/c1-10-43(59)56-24-21-36(29-56)48(61)55(8)45(31(3)4)47(60)53-41-26-33-15-12-16-34(25-33)35-19-20-42-38(27-35)39(46(57(42)11-2)37-17-13-22-52-44(37)32(5)64-9)28-51(6,7)30-65-50(63)40-18-14-23-58(54-40)49(41)62/h10,12-13,15-17,19-20,22,25,27,31-32,36,40-41,45,54H,1,11,14,18,21,23-24,26,28-30H2,2-9H3,(H,53,60)/t32-,36?,40-,41-,45-/m0/s1. The van der Waals surface area contributed by atoms with Gasteiger partial charge in [0.2, 0.25) is 17.7 Å². The van der Waals surface area contributed by atoms with E-state index in [9.17, 15) is 24.0 Å². The number of carbonyl (C=O) groups is 5. The molecule has 0 spiro atoms. The number of esters is 1. The molecule has 65 heavy (non-hydrogen) atoms. The van der Waals surface area contributed by atoms with E-state index in [1.807, 2.05) is 39.0 Å². The van der Waals surface area contributed by atoms with Crippen molar-refractivity contribution in [3.8, 4) is 22.4 Å². The third kappa shape index (κ3) is 9.89. The largest absolute Gasteiger partial charge is 0.464 e. The highest BCUT2D eigenvalue weighted by atomic mass is 16.5. The highest BCUT2D eigenvalue weighted by Gasteiger charge is 2.40. The number of rotatable bonds is 10. The summed E-state index contributed by atoms with van der Waals surface area (Å²) >= 11 is 0. The highest BCUT2D eigenvalue weighted by molar-refractivity contribution is 5.96. The molecule has 0 aliphatic carbocycles. The van der Waals surface area contributed by atoms with Crippen LogP contribution in [0.5, 0.6) is 0 Å². The van der Waals surface area contributed by atoms with Gasteiger partial charge in [-0.2, -0.15) is 0 Å². The summed E-state index contributed by atoms with van der Waals surface area (Å²) in [7, 11) is 3.30. The Kier molecular flexibility index (Phi) is 14.3. The second-order valence-corrected chi connectivity index (χ2v) is 19.0. The molecular weight excluding hydrogens is 823 g/mol. The van der Waals surface area contributed by atoms with E-state index in [-0.39, 0.29) is 43.4 Å². The predicted octanol–water partition coefficient (Wildman–Crippen LogP) is 6.26. The summed E-state index contributed by atoms with van der Waals surface area (Å²) < 4.78 is 14.3. The number of nitrogens with one attached hydrogen (secondary N) is 2. The van der Waals surface area contributed by atoms with Crippen LogP contribution in [0.1, 0.15) is 83.7 Å². The van der Waals surface area contributed by atoms with Gasteiger partial charge < -0.3 is 29.2 Å². The number of carbonyl (C=O) groups excluding carboxylic acids is 5. The maximum Gasteiger partial charge on any atom is 0.324 e. The number of ether oxygens (including phenoxy) is 2. The van der Waals surface area contributed by atoms with Crippen molar-refractivity contribution in [2.75, 3.05) is 40.4 Å². The number of hydrogen-bond donors (Lipinski definition) is 2. The van der Waals surface area contributed by atoms with E-state index in [4.69, 9.17) is 14.5 Å². The molecule has 3 aliphatic heterocycles. The van der Waals surface area contributed by atoms with Crippen LogP contribution >= 0.6 is 0 Å². The van der Waals surface area contributed by atoms with Gasteiger partial charge in [0.05, 0.1) is 30.0 Å². The zero-order chi connectivity index (χ0) is 46.7. The number of cyclic esters (lactones) is 1. The second kappa shape index (κ2) is 19.7. The van der Waals surface area contributed by atoms with Crippen LogP contribution in [-0.4, -0.2) is 112 Å². The van der Waals surface area contributed by atoms with Crippen molar-refractivity contribution in [2.24, 2.45) is 17.3 Å². The van der Waals surface area contributed by atoms with Crippen LogP contribution in [0.4, 0.5) is 0 Å². The van der Waals surface area contributed by atoms with Crippen LogP contribution in [0.15, 0.2) is 73.4 Å². The summed E-state index contributed by atoms with van der Waals surface area (Å²) in [5.41, 5.74) is 10.5. The molecule has 2 aromatic carbocycles. The van der Waals surface area contributed by atoms with Crippen molar-refractivity contribution in [3.63, 3.8) is 0 Å². The molecule has 4 aromatic rings. The van der Waals surface area contributed by atoms with Crippen LogP contribution in [0.3, 0.4) is 0 Å². The van der Waals surface area contributed by atoms with Gasteiger partial charge in [-0.15, -0.1) is 0 Å². The minimum atomic E-state index is -1.05. The van der Waals surface area contributed by atoms with Crippen LogP contribution in [0, 0.1) is 17.3 Å². The fraction of sp³-hybridized carbons (Fsp3) is 0.490. The quantitative estimate of drug-likeness (QED) is 0.139. The number of likely N-dealkylation sites (N-methyl/N-ethyl adjacent to an activating group) is 1. The van der Waals surface area contributed by atoms with Gasteiger partial charge in [0.1, 0.15) is 18.1 Å². The average molecular weight is 888 g/mol. The Hall–Kier alpha value is -5.86. The number of hydrazine groups is 1. The lowest BCUT2D eigenvalue weighted by Crippen LogP contribution is -2.62. The van der Waals surface area contributed by atoms with Gasteiger partial charge in [0.15, 0.2) is 0 Å². The third-order valence-electron chi connectivity index (χ3n) is 13.3. The summed E-state index contributed by atoms with van der Waals surface area (Å²) in [5, 5.41) is 5.57. The first-order valence-corrected chi connectivity index (χ1v) is 23.0. The molecule has 4 amide bonds. The first kappa shape index (κ1) is 47.1. The lowest BCUT2D eigenvalue weighted by Gasteiger charge is -2.37. The van der Waals surface area contributed by atoms with E-state index in [2.05, 4.69) is 79.1 Å². The zero-order valence-corrected chi connectivity index (χ0v) is 39.2. The maximum atomic E-state index is 14.7. The number of nitrogens with zero attached hydrogens (tertiary/aromatic N) is 5. The third-order valence-corrected chi connectivity index (χ3v) is 13.3. The summed E-state index contributed by atoms with van der Waals surface area (Å²) in [6.07, 6.45) is 5.02. The number of amides is 4. The lowest BCUT2D eigenvalue weighted by molar-refractivity contribution is -0.155. The Morgan fingerprint density at radius 1 is 1.06 bits per heavy atom. The summed E-state index contributed by atoms with van der Waals surface area (Å²) in [6, 6.07) is 15.9. The molecule has 6 bridgehead atoms. The first-order valence-electron chi connectivity index (χ1n) is 23.0. The van der Waals surface area contributed by atoms with E-state index in [1.54, 1.807) is 25.3 Å². The molecule has 14 heteroatoms. The average Bonchev–Trinajstić information content (AvgIpc) is 3.92. The molecule has 0 radical (unpaired) electrons. The van der Waals surface area contributed by atoms with Gasteiger partial charge in [0.25, 0.3) is 5.91 Å². The molecule has 1 unspecified atom stereocenters. The van der Waals surface area contributed by atoms with Gasteiger partial charge in [-0.1, -0.05) is 64.6 Å². The molecule has 2 N–H and O–H groups in total. The predicted molar refractivity (Wildman–Crippen MR) is 250 cm³/mol. The summed E-state index contributed by atoms with van der Waals surface area (Å²) in [6.45, 7) is 17.5. The first-order chi connectivity index (χ1) is 31.0. The van der Waals surface area contributed by atoms with E-state index in [0.717, 1.165) is 50.1 Å². The van der Waals surface area contributed by atoms with Crippen LogP contribution in [0.25, 0.3) is 33.3 Å². The van der Waals surface area contributed by atoms with Gasteiger partial charge in [-0.3, -0.25) is 34.0 Å². The minimum Gasteiger partial charge on any atom is -0.464 e. The van der Waals surface area contributed by atoms with Crippen molar-refractivity contribution in [1.29, 1.82) is 0 Å². The van der Waals surface area contributed by atoms with E-state index < -0.39 is 47.2 Å². The number of aromatic nitrogens is 2. The Balaban J connectivity index is 1.29. The Morgan fingerprint density at radius 3 is 2.55 bits per heavy atom. The lowest BCUT2D eigenvalue weighted by atomic mass is 9.84. The van der Waals surface area contributed by atoms with Gasteiger partial charge >= 0.3 is 5.97 Å². The molecule has 14 nitrogen and oxygen atoms in total. The molecule has 0 saturated carbocycles. The molecule has 7 rings (SSSR count). The van der Waals surface area contributed by atoms with Crippen molar-refractivity contribution >= 4 is 40.5 Å². The Morgan fingerprint density at radius 2 is 1.83 bits per heavy atom. The monoisotopic (exact) mass is 887 g/mol. The Bertz CT molecular complexity index is 2460.